The number of carbonyl (C=O) groups is 1. The number of likely N-dealkylation sites (N-methyl/N-ethyl adjacent to an activating group) is 1. The van der Waals surface area contributed by atoms with E-state index in [2.05, 4.69) is 5.32 Å². The molecule has 20 heavy (non-hydrogen) atoms. The molecule has 1 amide bonds. The molecule has 1 N–H and O–H groups in total. The summed E-state index contributed by atoms with van der Waals surface area (Å²) < 4.78 is 10.7. The van der Waals surface area contributed by atoms with Crippen LogP contribution in [0, 0.1) is 0 Å². The molecule has 1 fully saturated rings. The molecular weight excluding hydrogens is 256 g/mol. The van der Waals surface area contributed by atoms with E-state index in [9.17, 15) is 4.79 Å². The molecule has 2 rings (SSSR count). The van der Waals surface area contributed by atoms with Crippen molar-refractivity contribution in [3.05, 3.63) is 23.8 Å². The predicted octanol–water partition coefficient (Wildman–Crippen LogP) is 1.41. The molecule has 0 saturated carbocycles. The average molecular weight is 278 g/mol. The summed E-state index contributed by atoms with van der Waals surface area (Å²) in [6, 6.07) is 5.66. The van der Waals surface area contributed by atoms with Gasteiger partial charge in [-0.3, -0.25) is 4.79 Å². The third kappa shape index (κ3) is 3.04. The molecule has 1 saturated heterocycles. The van der Waals surface area contributed by atoms with Crippen molar-refractivity contribution in [3.8, 4) is 11.5 Å². The molecule has 0 aromatic heterocycles. The zero-order chi connectivity index (χ0) is 14.5. The second-order valence-corrected chi connectivity index (χ2v) is 5.00. The Hall–Kier alpha value is -1.75. The molecule has 1 aromatic rings. The monoisotopic (exact) mass is 278 g/mol. The molecular formula is C15H22N2O3. The van der Waals surface area contributed by atoms with Crippen LogP contribution in [0.4, 0.5) is 0 Å². The Morgan fingerprint density at radius 1 is 1.40 bits per heavy atom. The van der Waals surface area contributed by atoms with Gasteiger partial charge in [-0.1, -0.05) is 12.1 Å². The number of para-hydroxylation sites is 1. The summed E-state index contributed by atoms with van der Waals surface area (Å²) in [6.07, 6.45) is 1.98. The Bertz CT molecular complexity index is 470. The summed E-state index contributed by atoms with van der Waals surface area (Å²) in [4.78, 5) is 14.0. The van der Waals surface area contributed by atoms with Gasteiger partial charge in [0.2, 0.25) is 5.91 Å². The first-order valence-corrected chi connectivity index (χ1v) is 6.85. The van der Waals surface area contributed by atoms with Gasteiger partial charge < -0.3 is 19.7 Å². The van der Waals surface area contributed by atoms with E-state index in [1.807, 2.05) is 25.2 Å². The molecule has 0 radical (unpaired) electrons. The van der Waals surface area contributed by atoms with Crippen molar-refractivity contribution in [2.45, 2.75) is 25.4 Å². The number of nitrogens with one attached hydrogen (secondary N) is 1. The fourth-order valence-corrected chi connectivity index (χ4v) is 2.57. The van der Waals surface area contributed by atoms with Crippen molar-refractivity contribution in [1.82, 2.24) is 10.2 Å². The maximum absolute atomic E-state index is 12.3. The molecule has 0 spiro atoms. The first-order valence-electron chi connectivity index (χ1n) is 6.85. The molecule has 1 atom stereocenters. The highest BCUT2D eigenvalue weighted by atomic mass is 16.5. The number of amides is 1. The van der Waals surface area contributed by atoms with Gasteiger partial charge in [-0.25, -0.2) is 0 Å². The SMILES string of the molecule is COc1cccc(CN(C)C(=O)[C@@H]2CCCN2)c1OC. The highest BCUT2D eigenvalue weighted by molar-refractivity contribution is 5.82. The predicted molar refractivity (Wildman–Crippen MR) is 77.0 cm³/mol. The molecule has 0 unspecified atom stereocenters. The number of hydrogen-bond donors (Lipinski definition) is 1. The van der Waals surface area contributed by atoms with E-state index in [1.165, 1.54) is 0 Å². The van der Waals surface area contributed by atoms with Crippen LogP contribution in [-0.2, 0) is 11.3 Å². The topological polar surface area (TPSA) is 50.8 Å². The van der Waals surface area contributed by atoms with Crippen LogP contribution in [0.3, 0.4) is 0 Å². The highest BCUT2D eigenvalue weighted by Gasteiger charge is 2.25. The minimum atomic E-state index is -0.0448. The number of carbonyl (C=O) groups excluding carboxylic acids is 1. The molecule has 5 heteroatoms. The lowest BCUT2D eigenvalue weighted by molar-refractivity contribution is -0.132. The van der Waals surface area contributed by atoms with Crippen molar-refractivity contribution in [2.75, 3.05) is 27.8 Å². The zero-order valence-electron chi connectivity index (χ0n) is 12.3. The van der Waals surface area contributed by atoms with Crippen LogP contribution < -0.4 is 14.8 Å². The third-order valence-corrected chi connectivity index (χ3v) is 3.63. The quantitative estimate of drug-likeness (QED) is 0.885. The Morgan fingerprint density at radius 2 is 2.20 bits per heavy atom. The van der Waals surface area contributed by atoms with Crippen molar-refractivity contribution >= 4 is 5.91 Å². The fourth-order valence-electron chi connectivity index (χ4n) is 2.57. The fraction of sp³-hybridized carbons (Fsp3) is 0.533. The third-order valence-electron chi connectivity index (χ3n) is 3.63. The largest absolute Gasteiger partial charge is 0.493 e. The van der Waals surface area contributed by atoms with Gasteiger partial charge in [-0.15, -0.1) is 0 Å². The van der Waals surface area contributed by atoms with E-state index < -0.39 is 0 Å². The van der Waals surface area contributed by atoms with Crippen LogP contribution >= 0.6 is 0 Å². The lowest BCUT2D eigenvalue weighted by atomic mass is 10.1. The van der Waals surface area contributed by atoms with E-state index in [4.69, 9.17) is 9.47 Å². The van der Waals surface area contributed by atoms with E-state index in [1.54, 1.807) is 19.1 Å². The van der Waals surface area contributed by atoms with E-state index in [-0.39, 0.29) is 11.9 Å². The van der Waals surface area contributed by atoms with E-state index in [0.717, 1.165) is 24.9 Å². The first kappa shape index (κ1) is 14.7. The normalized spacial score (nSPS) is 17.9. The Labute approximate surface area is 119 Å². The van der Waals surface area contributed by atoms with Crippen LogP contribution in [0.2, 0.25) is 0 Å². The van der Waals surface area contributed by atoms with Gasteiger partial charge in [0.1, 0.15) is 0 Å². The number of benzene rings is 1. The average Bonchev–Trinajstić information content (AvgIpc) is 3.00. The number of nitrogens with zero attached hydrogens (tertiary/aromatic N) is 1. The van der Waals surface area contributed by atoms with Gasteiger partial charge in [-0.05, 0) is 25.5 Å². The Morgan fingerprint density at radius 3 is 2.80 bits per heavy atom. The smallest absolute Gasteiger partial charge is 0.239 e. The lowest BCUT2D eigenvalue weighted by Crippen LogP contribution is -2.41. The van der Waals surface area contributed by atoms with Gasteiger partial charge in [0.15, 0.2) is 11.5 Å². The second kappa shape index (κ2) is 6.61. The van der Waals surface area contributed by atoms with E-state index >= 15 is 0 Å². The molecule has 1 heterocycles. The van der Waals surface area contributed by atoms with Gasteiger partial charge >= 0.3 is 0 Å². The summed E-state index contributed by atoms with van der Waals surface area (Å²) >= 11 is 0. The number of hydrogen-bond acceptors (Lipinski definition) is 4. The second-order valence-electron chi connectivity index (χ2n) is 5.00. The summed E-state index contributed by atoms with van der Waals surface area (Å²) in [5.41, 5.74) is 0.945. The maximum Gasteiger partial charge on any atom is 0.239 e. The minimum Gasteiger partial charge on any atom is -0.493 e. The highest BCUT2D eigenvalue weighted by Crippen LogP contribution is 2.31. The summed E-state index contributed by atoms with van der Waals surface area (Å²) in [5, 5.41) is 3.23. The number of ether oxygens (including phenoxy) is 2. The van der Waals surface area contributed by atoms with Crippen molar-refractivity contribution < 1.29 is 14.3 Å². The van der Waals surface area contributed by atoms with Crippen LogP contribution in [0.5, 0.6) is 11.5 Å². The molecule has 5 nitrogen and oxygen atoms in total. The number of methoxy groups -OCH3 is 2. The van der Waals surface area contributed by atoms with Gasteiger partial charge in [0, 0.05) is 19.2 Å². The van der Waals surface area contributed by atoms with Crippen molar-refractivity contribution in [3.63, 3.8) is 0 Å². The minimum absolute atomic E-state index is 0.0448. The Kier molecular flexibility index (Phi) is 4.84. The molecule has 1 aliphatic heterocycles. The van der Waals surface area contributed by atoms with Crippen LogP contribution in [0.25, 0.3) is 0 Å². The number of rotatable bonds is 5. The van der Waals surface area contributed by atoms with Crippen molar-refractivity contribution in [1.29, 1.82) is 0 Å². The van der Waals surface area contributed by atoms with Crippen molar-refractivity contribution in [2.24, 2.45) is 0 Å². The Balaban J connectivity index is 2.10. The van der Waals surface area contributed by atoms with Crippen LogP contribution in [-0.4, -0.2) is 44.7 Å². The summed E-state index contributed by atoms with van der Waals surface area (Å²) in [6.45, 7) is 1.43. The van der Waals surface area contributed by atoms with Crippen LogP contribution in [0.15, 0.2) is 18.2 Å². The summed E-state index contributed by atoms with van der Waals surface area (Å²) in [5.74, 6) is 1.51. The van der Waals surface area contributed by atoms with Gasteiger partial charge in [-0.2, -0.15) is 0 Å². The summed E-state index contributed by atoms with van der Waals surface area (Å²) in [7, 11) is 5.04. The molecule has 1 aliphatic rings. The lowest BCUT2D eigenvalue weighted by Gasteiger charge is -2.22. The maximum atomic E-state index is 12.3. The van der Waals surface area contributed by atoms with Gasteiger partial charge in [0.05, 0.1) is 20.3 Å². The standard InChI is InChI=1S/C15H22N2O3/c1-17(15(18)12-7-5-9-16-12)10-11-6-4-8-13(19-2)14(11)20-3/h4,6,8,12,16H,5,7,9-10H2,1-3H3/t12-/m0/s1. The molecule has 110 valence electrons. The van der Waals surface area contributed by atoms with Crippen LogP contribution in [0.1, 0.15) is 18.4 Å². The first-order chi connectivity index (χ1) is 9.67. The molecule has 1 aromatic carbocycles. The zero-order valence-corrected chi connectivity index (χ0v) is 12.3. The van der Waals surface area contributed by atoms with Gasteiger partial charge in [0.25, 0.3) is 0 Å². The molecule has 0 aliphatic carbocycles. The molecule has 0 bridgehead atoms. The van der Waals surface area contributed by atoms with E-state index in [0.29, 0.717) is 18.0 Å².